The number of carbonyl (C=O) groups excluding carboxylic acids is 2. The van der Waals surface area contributed by atoms with Crippen LogP contribution in [0, 0.1) is 13.8 Å². The molecule has 0 aliphatic heterocycles. The second kappa shape index (κ2) is 8.48. The van der Waals surface area contributed by atoms with Gasteiger partial charge in [0.1, 0.15) is 5.69 Å². The first-order chi connectivity index (χ1) is 13.4. The van der Waals surface area contributed by atoms with Crippen LogP contribution in [0.5, 0.6) is 0 Å². The highest BCUT2D eigenvalue weighted by molar-refractivity contribution is 6.07. The van der Waals surface area contributed by atoms with E-state index in [1.807, 2.05) is 56.3 Å². The topological polar surface area (TPSA) is 71.1 Å². The Balaban J connectivity index is 1.73. The van der Waals surface area contributed by atoms with Crippen molar-refractivity contribution in [2.45, 2.75) is 27.2 Å². The van der Waals surface area contributed by atoms with Crippen molar-refractivity contribution in [3.05, 3.63) is 88.7 Å². The molecule has 1 aromatic heterocycles. The first-order valence-electron chi connectivity index (χ1n) is 9.20. The molecule has 1 heterocycles. The Morgan fingerprint density at radius 1 is 0.821 bits per heavy atom. The van der Waals surface area contributed by atoms with Gasteiger partial charge in [-0.2, -0.15) is 0 Å². The van der Waals surface area contributed by atoms with Crippen LogP contribution >= 0.6 is 0 Å². The van der Waals surface area contributed by atoms with E-state index in [1.54, 1.807) is 6.07 Å². The molecular formula is C23H23N3O2. The van der Waals surface area contributed by atoms with Crippen LogP contribution in [0.15, 0.2) is 60.8 Å². The van der Waals surface area contributed by atoms with Crippen molar-refractivity contribution in [1.29, 1.82) is 0 Å². The minimum absolute atomic E-state index is 0.188. The zero-order valence-electron chi connectivity index (χ0n) is 16.2. The molecule has 5 heteroatoms. The Kier molecular flexibility index (Phi) is 5.84. The van der Waals surface area contributed by atoms with Crippen LogP contribution in [0.1, 0.15) is 44.5 Å². The lowest BCUT2D eigenvalue weighted by molar-refractivity contribution is 0.102. The molecule has 0 aliphatic carbocycles. The van der Waals surface area contributed by atoms with Gasteiger partial charge in [0, 0.05) is 23.1 Å². The summed E-state index contributed by atoms with van der Waals surface area (Å²) in [4.78, 5) is 29.2. The van der Waals surface area contributed by atoms with Crippen LogP contribution < -0.4 is 10.6 Å². The summed E-state index contributed by atoms with van der Waals surface area (Å²) >= 11 is 0. The van der Waals surface area contributed by atoms with Crippen LogP contribution in [0.3, 0.4) is 0 Å². The number of benzene rings is 2. The standard InChI is InChI=1S/C23H23N3O2/c1-4-17-5-7-19(8-6-17)25-23(28)21-14-18(9-10-24-21)22(27)26-20-12-15(2)11-16(3)13-20/h5-14H,4H2,1-3H3,(H,25,28)(H,26,27). The molecule has 0 unspecified atom stereocenters. The van der Waals surface area contributed by atoms with Crippen LogP contribution in [-0.4, -0.2) is 16.8 Å². The lowest BCUT2D eigenvalue weighted by atomic mass is 10.1. The minimum Gasteiger partial charge on any atom is -0.322 e. The summed E-state index contributed by atoms with van der Waals surface area (Å²) in [6.07, 6.45) is 2.40. The summed E-state index contributed by atoms with van der Waals surface area (Å²) in [7, 11) is 0. The molecule has 0 aliphatic rings. The second-order valence-electron chi connectivity index (χ2n) is 6.76. The molecule has 0 saturated heterocycles. The van der Waals surface area contributed by atoms with Gasteiger partial charge in [-0.3, -0.25) is 14.6 Å². The largest absolute Gasteiger partial charge is 0.322 e. The molecule has 0 radical (unpaired) electrons. The van der Waals surface area contributed by atoms with Crippen molar-refractivity contribution < 1.29 is 9.59 Å². The van der Waals surface area contributed by atoms with E-state index in [9.17, 15) is 9.59 Å². The van der Waals surface area contributed by atoms with Gasteiger partial charge in [0.05, 0.1) is 0 Å². The third-order valence-electron chi connectivity index (χ3n) is 4.35. The fourth-order valence-corrected chi connectivity index (χ4v) is 2.96. The van der Waals surface area contributed by atoms with Crippen molar-refractivity contribution in [2.24, 2.45) is 0 Å². The van der Waals surface area contributed by atoms with Crippen LogP contribution in [0.4, 0.5) is 11.4 Å². The molecular weight excluding hydrogens is 350 g/mol. The predicted octanol–water partition coefficient (Wildman–Crippen LogP) is 4.77. The zero-order chi connectivity index (χ0) is 20.1. The van der Waals surface area contributed by atoms with Crippen LogP contribution in [0.25, 0.3) is 0 Å². The second-order valence-corrected chi connectivity index (χ2v) is 6.76. The van der Waals surface area contributed by atoms with Crippen molar-refractivity contribution >= 4 is 23.2 Å². The predicted molar refractivity (Wildman–Crippen MR) is 112 cm³/mol. The number of nitrogens with zero attached hydrogens (tertiary/aromatic N) is 1. The molecule has 2 aromatic carbocycles. The summed E-state index contributed by atoms with van der Waals surface area (Å²) in [5.41, 5.74) is 5.31. The number of hydrogen-bond donors (Lipinski definition) is 2. The number of anilines is 2. The maximum atomic E-state index is 12.6. The summed E-state index contributed by atoms with van der Waals surface area (Å²) in [5, 5.41) is 5.68. The van der Waals surface area contributed by atoms with Crippen molar-refractivity contribution in [3.63, 3.8) is 0 Å². The number of aryl methyl sites for hydroxylation is 3. The molecule has 0 atom stereocenters. The normalized spacial score (nSPS) is 10.4. The number of aromatic nitrogens is 1. The Labute approximate surface area is 164 Å². The molecule has 28 heavy (non-hydrogen) atoms. The first-order valence-corrected chi connectivity index (χ1v) is 9.20. The van der Waals surface area contributed by atoms with Gasteiger partial charge in [0.2, 0.25) is 0 Å². The van der Waals surface area contributed by atoms with Gasteiger partial charge in [-0.05, 0) is 73.4 Å². The number of nitrogens with one attached hydrogen (secondary N) is 2. The van der Waals surface area contributed by atoms with Gasteiger partial charge in [0.25, 0.3) is 11.8 Å². The smallest absolute Gasteiger partial charge is 0.274 e. The van der Waals surface area contributed by atoms with Crippen molar-refractivity contribution in [2.75, 3.05) is 10.6 Å². The molecule has 3 rings (SSSR count). The number of hydrogen-bond acceptors (Lipinski definition) is 3. The maximum absolute atomic E-state index is 12.6. The fourth-order valence-electron chi connectivity index (χ4n) is 2.96. The number of pyridine rings is 1. The molecule has 2 amide bonds. The monoisotopic (exact) mass is 373 g/mol. The van der Waals surface area contributed by atoms with Crippen molar-refractivity contribution in [1.82, 2.24) is 4.98 Å². The van der Waals surface area contributed by atoms with E-state index in [0.29, 0.717) is 11.3 Å². The van der Waals surface area contributed by atoms with E-state index in [2.05, 4.69) is 22.5 Å². The van der Waals surface area contributed by atoms with E-state index >= 15 is 0 Å². The van der Waals surface area contributed by atoms with E-state index in [1.165, 1.54) is 17.8 Å². The lowest BCUT2D eigenvalue weighted by Gasteiger charge is -2.09. The fraction of sp³-hybridized carbons (Fsp3) is 0.174. The van der Waals surface area contributed by atoms with Crippen molar-refractivity contribution in [3.8, 4) is 0 Å². The number of amides is 2. The van der Waals surface area contributed by atoms with E-state index in [-0.39, 0.29) is 17.5 Å². The third kappa shape index (κ3) is 4.82. The Hall–Kier alpha value is -3.47. The minimum atomic E-state index is -0.356. The Morgan fingerprint density at radius 2 is 1.46 bits per heavy atom. The van der Waals surface area contributed by atoms with E-state index in [4.69, 9.17) is 0 Å². The highest BCUT2D eigenvalue weighted by Gasteiger charge is 2.13. The van der Waals surface area contributed by atoms with Gasteiger partial charge < -0.3 is 10.6 Å². The van der Waals surface area contributed by atoms with Gasteiger partial charge in [-0.1, -0.05) is 25.1 Å². The average molecular weight is 373 g/mol. The van der Waals surface area contributed by atoms with Gasteiger partial charge in [-0.25, -0.2) is 0 Å². The maximum Gasteiger partial charge on any atom is 0.274 e. The van der Waals surface area contributed by atoms with Gasteiger partial charge in [0.15, 0.2) is 0 Å². The average Bonchev–Trinajstić information content (AvgIpc) is 2.68. The summed E-state index contributed by atoms with van der Waals surface area (Å²) in [6, 6.07) is 16.6. The highest BCUT2D eigenvalue weighted by atomic mass is 16.2. The molecule has 0 fully saturated rings. The highest BCUT2D eigenvalue weighted by Crippen LogP contribution is 2.16. The summed E-state index contributed by atoms with van der Waals surface area (Å²) in [5.74, 6) is -0.640. The molecule has 0 bridgehead atoms. The summed E-state index contributed by atoms with van der Waals surface area (Å²) in [6.45, 7) is 6.03. The molecule has 0 saturated carbocycles. The number of rotatable bonds is 5. The third-order valence-corrected chi connectivity index (χ3v) is 4.35. The van der Waals surface area contributed by atoms with Crippen LogP contribution in [0.2, 0.25) is 0 Å². The molecule has 3 aromatic rings. The zero-order valence-corrected chi connectivity index (χ0v) is 16.2. The van der Waals surface area contributed by atoms with Gasteiger partial charge >= 0.3 is 0 Å². The Morgan fingerprint density at radius 3 is 2.11 bits per heavy atom. The van der Waals surface area contributed by atoms with Gasteiger partial charge in [-0.15, -0.1) is 0 Å². The molecule has 5 nitrogen and oxygen atoms in total. The first kappa shape index (κ1) is 19.3. The van der Waals surface area contributed by atoms with E-state index < -0.39 is 0 Å². The SMILES string of the molecule is CCc1ccc(NC(=O)c2cc(C(=O)Nc3cc(C)cc(C)c3)ccn2)cc1. The number of carbonyl (C=O) groups is 2. The lowest BCUT2D eigenvalue weighted by Crippen LogP contribution is -2.17. The summed E-state index contributed by atoms with van der Waals surface area (Å²) < 4.78 is 0. The molecule has 142 valence electrons. The van der Waals surface area contributed by atoms with Crippen LogP contribution in [-0.2, 0) is 6.42 Å². The molecule has 2 N–H and O–H groups in total. The Bertz CT molecular complexity index is 990. The quantitative estimate of drug-likeness (QED) is 0.677. The van der Waals surface area contributed by atoms with E-state index in [0.717, 1.165) is 23.2 Å². The molecule has 0 spiro atoms.